The van der Waals surface area contributed by atoms with Crippen LogP contribution in [-0.2, 0) is 13.2 Å². The molecule has 0 aliphatic carbocycles. The molecule has 0 saturated carbocycles. The maximum Gasteiger partial charge on any atom is 0.162 e. The summed E-state index contributed by atoms with van der Waals surface area (Å²) in [6, 6.07) is 5.36. The van der Waals surface area contributed by atoms with Gasteiger partial charge in [-0.1, -0.05) is 23.2 Å². The van der Waals surface area contributed by atoms with Crippen molar-refractivity contribution in [2.45, 2.75) is 13.2 Å². The molecule has 1 aromatic carbocycles. The second-order valence-electron chi connectivity index (χ2n) is 9.53. The molecule has 0 unspecified atom stereocenters. The third-order valence-electron chi connectivity index (χ3n) is 6.88. The molecule has 4 heterocycles. The number of thiol groups is 1. The maximum absolute atomic E-state index is 8.96. The van der Waals surface area contributed by atoms with Crippen molar-refractivity contribution in [2.24, 2.45) is 5.41 Å². The zero-order chi connectivity index (χ0) is 28.2. The highest BCUT2D eigenvalue weighted by Crippen LogP contribution is 2.39. The highest BCUT2D eigenvalue weighted by Gasteiger charge is 2.48. The fourth-order valence-electron chi connectivity index (χ4n) is 4.81. The predicted molar refractivity (Wildman–Crippen MR) is 161 cm³/mol. The number of nitrogens with zero attached hydrogens (tertiary/aromatic N) is 3. The van der Waals surface area contributed by atoms with Gasteiger partial charge in [0, 0.05) is 90.7 Å². The van der Waals surface area contributed by atoms with E-state index in [0.717, 1.165) is 37.6 Å². The maximum atomic E-state index is 8.96. The third kappa shape index (κ3) is 6.05. The zero-order valence-corrected chi connectivity index (χ0v) is 24.6. The molecule has 2 aliphatic heterocycles. The van der Waals surface area contributed by atoms with Gasteiger partial charge in [0.1, 0.15) is 12.4 Å². The average Bonchev–Trinajstić information content (AvgIpc) is 2.89. The van der Waals surface area contributed by atoms with Crippen LogP contribution >= 0.6 is 35.8 Å². The first-order valence-electron chi connectivity index (χ1n) is 12.4. The van der Waals surface area contributed by atoms with Crippen LogP contribution in [0.1, 0.15) is 22.3 Å². The van der Waals surface area contributed by atoms with Gasteiger partial charge in [0.15, 0.2) is 11.5 Å². The lowest BCUT2D eigenvalue weighted by molar-refractivity contribution is 0.120. The molecule has 9 nitrogen and oxygen atoms in total. The Bertz CT molecular complexity index is 1330. The predicted octanol–water partition coefficient (Wildman–Crippen LogP) is 4.04. The van der Waals surface area contributed by atoms with Crippen molar-refractivity contribution in [2.75, 3.05) is 57.2 Å². The van der Waals surface area contributed by atoms with Crippen LogP contribution in [0.3, 0.4) is 0 Å². The van der Waals surface area contributed by atoms with E-state index in [1.54, 1.807) is 24.6 Å². The van der Waals surface area contributed by atoms with Gasteiger partial charge in [0.2, 0.25) is 0 Å². The van der Waals surface area contributed by atoms with Gasteiger partial charge in [-0.2, -0.15) is 12.6 Å². The Morgan fingerprint density at radius 3 is 2.44 bits per heavy atom. The molecule has 3 aromatic rings. The molecule has 208 valence electrons. The number of methoxy groups -OCH3 is 1. The van der Waals surface area contributed by atoms with Crippen molar-refractivity contribution in [1.29, 1.82) is 5.41 Å². The van der Waals surface area contributed by atoms with E-state index in [2.05, 4.69) is 33.1 Å². The summed E-state index contributed by atoms with van der Waals surface area (Å²) in [7, 11) is 3.44. The lowest BCUT2D eigenvalue weighted by atomic mass is 9.74. The van der Waals surface area contributed by atoms with Crippen molar-refractivity contribution in [3.05, 3.63) is 69.1 Å². The van der Waals surface area contributed by atoms with Gasteiger partial charge in [-0.3, -0.25) is 10.4 Å². The van der Waals surface area contributed by atoms with E-state index in [4.69, 9.17) is 48.8 Å². The van der Waals surface area contributed by atoms with E-state index in [1.807, 2.05) is 13.1 Å². The van der Waals surface area contributed by atoms with Crippen LogP contribution in [0.5, 0.6) is 11.5 Å². The number of ether oxygens (including phenoxy) is 2. The van der Waals surface area contributed by atoms with Crippen LogP contribution in [0, 0.1) is 10.8 Å². The first-order valence-corrected chi connectivity index (χ1v) is 14.0. The van der Waals surface area contributed by atoms with Gasteiger partial charge in [0.25, 0.3) is 0 Å². The molecule has 0 bridgehead atoms. The number of anilines is 2. The summed E-state index contributed by atoms with van der Waals surface area (Å²) < 4.78 is 11.5. The van der Waals surface area contributed by atoms with Crippen molar-refractivity contribution < 1.29 is 9.47 Å². The van der Waals surface area contributed by atoms with Gasteiger partial charge in [0.05, 0.1) is 22.9 Å². The topological polar surface area (TPSA) is 121 Å². The van der Waals surface area contributed by atoms with Crippen LogP contribution in [0.4, 0.5) is 11.5 Å². The Morgan fingerprint density at radius 2 is 1.85 bits per heavy atom. The van der Waals surface area contributed by atoms with Gasteiger partial charge in [-0.05, 0) is 25.4 Å². The van der Waals surface area contributed by atoms with Gasteiger partial charge in [-0.25, -0.2) is 4.98 Å². The molecule has 2 saturated heterocycles. The number of hydrogen-bond acceptors (Lipinski definition) is 10. The van der Waals surface area contributed by atoms with Crippen molar-refractivity contribution in [3.63, 3.8) is 0 Å². The first kappa shape index (κ1) is 29.2. The van der Waals surface area contributed by atoms with Crippen LogP contribution in [0.25, 0.3) is 0 Å². The lowest BCUT2D eigenvalue weighted by Gasteiger charge is -2.56. The van der Waals surface area contributed by atoms with Gasteiger partial charge < -0.3 is 30.7 Å². The number of benzene rings is 1. The number of nitrogens with one attached hydrogen (secondary N) is 3. The number of halogens is 2. The number of hydrogen-bond donors (Lipinski definition) is 5. The van der Waals surface area contributed by atoms with Crippen LogP contribution in [0.2, 0.25) is 10.0 Å². The van der Waals surface area contributed by atoms with Crippen LogP contribution < -0.4 is 30.7 Å². The number of rotatable bonds is 9. The fraction of sp³-hybridized carbons (Fsp3) is 0.370. The minimum absolute atomic E-state index is 0.0999. The van der Waals surface area contributed by atoms with E-state index in [-0.39, 0.29) is 12.3 Å². The second-order valence-corrected chi connectivity index (χ2v) is 10.3. The molecule has 39 heavy (non-hydrogen) atoms. The Morgan fingerprint density at radius 1 is 1.15 bits per heavy atom. The molecule has 2 aromatic heterocycles. The summed E-state index contributed by atoms with van der Waals surface area (Å²) in [6.45, 7) is 4.87. The van der Waals surface area contributed by atoms with Crippen LogP contribution in [0.15, 0.2) is 36.8 Å². The molecule has 1 spiro atoms. The summed E-state index contributed by atoms with van der Waals surface area (Å²) in [6.07, 6.45) is 6.45. The molecule has 12 heteroatoms. The quantitative estimate of drug-likeness (QED) is 0.144. The van der Waals surface area contributed by atoms with E-state index in [9.17, 15) is 0 Å². The first-order chi connectivity index (χ1) is 18.8. The number of aromatic nitrogens is 2. The molecule has 0 atom stereocenters. The second kappa shape index (κ2) is 12.6. The summed E-state index contributed by atoms with van der Waals surface area (Å²) in [5.74, 6) is 1.82. The van der Waals surface area contributed by atoms with Gasteiger partial charge >= 0.3 is 0 Å². The Hall–Kier alpha value is -2.76. The Labute approximate surface area is 244 Å². The van der Waals surface area contributed by atoms with Crippen molar-refractivity contribution in [1.82, 2.24) is 20.6 Å². The third-order valence-corrected chi connectivity index (χ3v) is 7.53. The minimum Gasteiger partial charge on any atom is -0.493 e. The Balaban J connectivity index is 0.00000172. The zero-order valence-electron chi connectivity index (χ0n) is 22.1. The number of nitrogen functional groups attached to an aromatic ring is 1. The monoisotopic (exact) mass is 589 g/mol. The number of pyridine rings is 2. The normalized spacial score (nSPS) is 15.1. The molecule has 0 amide bonds. The van der Waals surface area contributed by atoms with E-state index >= 15 is 0 Å². The molecular weight excluding hydrogens is 557 g/mol. The lowest BCUT2D eigenvalue weighted by Crippen LogP contribution is -2.71. The highest BCUT2D eigenvalue weighted by atomic mass is 35.5. The number of nitrogens with two attached hydrogens (primary N) is 1. The molecule has 2 fully saturated rings. The summed E-state index contributed by atoms with van der Waals surface area (Å²) in [5.41, 5.74) is 10.2. The fourth-order valence-corrected chi connectivity index (χ4v) is 5.28. The average molecular weight is 591 g/mol. The Kier molecular flexibility index (Phi) is 9.45. The van der Waals surface area contributed by atoms with E-state index in [0.29, 0.717) is 55.9 Å². The molecule has 2 aliphatic rings. The summed E-state index contributed by atoms with van der Waals surface area (Å²) in [4.78, 5) is 11.0. The highest BCUT2D eigenvalue weighted by molar-refractivity contribution is 7.79. The molecular formula is C27H33Cl2N7O2S. The summed E-state index contributed by atoms with van der Waals surface area (Å²) >= 11 is 16.0. The summed E-state index contributed by atoms with van der Waals surface area (Å²) in [5, 5.41) is 16.4. The smallest absolute Gasteiger partial charge is 0.162 e. The molecule has 0 radical (unpaired) electrons. The SMILES string of the molecule is CNCc1cc(C(=N)c2cc(OCc3c(Cl)cncc3Cl)c(OC)cc2N)cnc1N1CC2(CNC2)C1.CS. The van der Waals surface area contributed by atoms with E-state index < -0.39 is 0 Å². The molecule has 5 rings (SSSR count). The van der Waals surface area contributed by atoms with E-state index in [1.165, 1.54) is 19.5 Å². The largest absolute Gasteiger partial charge is 0.493 e. The minimum atomic E-state index is 0.0999. The van der Waals surface area contributed by atoms with Crippen LogP contribution in [-0.4, -0.2) is 62.3 Å². The van der Waals surface area contributed by atoms with Crippen molar-refractivity contribution >= 4 is 53.0 Å². The van der Waals surface area contributed by atoms with Gasteiger partial charge in [-0.15, -0.1) is 0 Å². The standard InChI is InChI=1S/C26H29Cl2N7O2.CH4S/c1-31-6-16-3-15(7-34-25(16)35-13-26(14-35)11-33-12-26)24(30)17-4-23(22(36-2)5-21(17)29)37-10-18-19(27)8-32-9-20(18)28;1-2/h3-5,7-9,30-31,33H,6,10-14,29H2,1-2H3;2H,1H3. The van der Waals surface area contributed by atoms with Crippen molar-refractivity contribution in [3.8, 4) is 11.5 Å². The molecule has 5 N–H and O–H groups in total.